The molecule has 108 valence electrons. The van der Waals surface area contributed by atoms with Crippen molar-refractivity contribution in [3.05, 3.63) is 42.2 Å². The van der Waals surface area contributed by atoms with Crippen LogP contribution in [0.3, 0.4) is 0 Å². The van der Waals surface area contributed by atoms with Gasteiger partial charge in [0.1, 0.15) is 6.61 Å². The van der Waals surface area contributed by atoms with Crippen molar-refractivity contribution in [1.82, 2.24) is 15.1 Å². The minimum absolute atomic E-state index is 0.557. The summed E-state index contributed by atoms with van der Waals surface area (Å²) in [5.41, 5.74) is 1.10. The summed E-state index contributed by atoms with van der Waals surface area (Å²) >= 11 is 0. The first kappa shape index (κ1) is 14.4. The minimum Gasteiger partial charge on any atom is -0.493 e. The van der Waals surface area contributed by atoms with Gasteiger partial charge in [-0.05, 0) is 18.7 Å². The Hall–Kier alpha value is -2.01. The van der Waals surface area contributed by atoms with Gasteiger partial charge in [0.25, 0.3) is 0 Å². The van der Waals surface area contributed by atoms with Gasteiger partial charge in [-0.1, -0.05) is 19.1 Å². The van der Waals surface area contributed by atoms with Crippen LogP contribution in [0.4, 0.5) is 0 Å². The van der Waals surface area contributed by atoms with Crippen LogP contribution in [0.25, 0.3) is 0 Å². The molecule has 0 atom stereocenters. The molecule has 1 heterocycles. The largest absolute Gasteiger partial charge is 0.493 e. The molecule has 0 aliphatic carbocycles. The van der Waals surface area contributed by atoms with Crippen molar-refractivity contribution >= 4 is 0 Å². The van der Waals surface area contributed by atoms with Crippen molar-refractivity contribution in [1.29, 1.82) is 0 Å². The summed E-state index contributed by atoms with van der Waals surface area (Å²) in [6.07, 6.45) is 3.69. The van der Waals surface area contributed by atoms with E-state index in [1.807, 2.05) is 29.1 Å². The predicted molar refractivity (Wildman–Crippen MR) is 78.1 cm³/mol. The van der Waals surface area contributed by atoms with E-state index in [0.29, 0.717) is 13.2 Å². The van der Waals surface area contributed by atoms with Crippen LogP contribution in [-0.4, -0.2) is 30.0 Å². The number of rotatable bonds is 8. The van der Waals surface area contributed by atoms with E-state index < -0.39 is 0 Å². The second-order valence-corrected chi connectivity index (χ2v) is 4.35. The van der Waals surface area contributed by atoms with E-state index in [-0.39, 0.29) is 0 Å². The molecular weight excluding hydrogens is 254 g/mol. The van der Waals surface area contributed by atoms with Crippen LogP contribution in [0.5, 0.6) is 11.5 Å². The lowest BCUT2D eigenvalue weighted by atomic mass is 10.2. The van der Waals surface area contributed by atoms with E-state index in [9.17, 15) is 0 Å². The molecule has 0 unspecified atom stereocenters. The van der Waals surface area contributed by atoms with Crippen molar-refractivity contribution in [2.45, 2.75) is 20.0 Å². The van der Waals surface area contributed by atoms with E-state index >= 15 is 0 Å². The molecule has 2 aromatic rings. The average Bonchev–Trinajstić information content (AvgIpc) is 2.99. The third-order valence-corrected chi connectivity index (χ3v) is 2.97. The Bertz CT molecular complexity index is 512. The first-order valence-electron chi connectivity index (χ1n) is 6.82. The molecule has 20 heavy (non-hydrogen) atoms. The third-order valence-electron chi connectivity index (χ3n) is 2.97. The molecular formula is C15H21N3O2. The number of para-hydroxylation sites is 1. The van der Waals surface area contributed by atoms with E-state index in [1.54, 1.807) is 13.3 Å². The van der Waals surface area contributed by atoms with Gasteiger partial charge in [-0.2, -0.15) is 5.10 Å². The molecule has 1 aromatic heterocycles. The highest BCUT2D eigenvalue weighted by Crippen LogP contribution is 2.31. The SMILES string of the molecule is CCNCc1cccc(OC)c1OCCn1cccn1. The Labute approximate surface area is 119 Å². The Morgan fingerprint density at radius 2 is 2.20 bits per heavy atom. The van der Waals surface area contributed by atoms with Crippen LogP contribution in [0.1, 0.15) is 12.5 Å². The van der Waals surface area contributed by atoms with Gasteiger partial charge < -0.3 is 14.8 Å². The van der Waals surface area contributed by atoms with Gasteiger partial charge in [0.15, 0.2) is 11.5 Å². The lowest BCUT2D eigenvalue weighted by molar-refractivity contribution is 0.271. The number of hydrogen-bond acceptors (Lipinski definition) is 4. The zero-order valence-corrected chi connectivity index (χ0v) is 12.0. The average molecular weight is 275 g/mol. The predicted octanol–water partition coefficient (Wildman–Crippen LogP) is 2.08. The number of nitrogens with zero attached hydrogens (tertiary/aromatic N) is 2. The fourth-order valence-corrected chi connectivity index (χ4v) is 1.96. The molecule has 0 aliphatic rings. The smallest absolute Gasteiger partial charge is 0.165 e. The van der Waals surface area contributed by atoms with E-state index in [2.05, 4.69) is 23.4 Å². The summed E-state index contributed by atoms with van der Waals surface area (Å²) in [4.78, 5) is 0. The Kier molecular flexibility index (Phi) is 5.43. The van der Waals surface area contributed by atoms with Crippen LogP contribution in [-0.2, 0) is 13.1 Å². The van der Waals surface area contributed by atoms with Crippen LogP contribution in [0.15, 0.2) is 36.7 Å². The summed E-state index contributed by atoms with van der Waals surface area (Å²) < 4.78 is 13.1. The molecule has 0 saturated carbocycles. The highest BCUT2D eigenvalue weighted by molar-refractivity contribution is 5.46. The maximum absolute atomic E-state index is 5.90. The van der Waals surface area contributed by atoms with Gasteiger partial charge >= 0.3 is 0 Å². The zero-order chi connectivity index (χ0) is 14.2. The van der Waals surface area contributed by atoms with Gasteiger partial charge in [0.05, 0.1) is 13.7 Å². The third kappa shape index (κ3) is 3.74. The fraction of sp³-hybridized carbons (Fsp3) is 0.400. The van der Waals surface area contributed by atoms with Crippen molar-refractivity contribution < 1.29 is 9.47 Å². The number of ether oxygens (including phenoxy) is 2. The lowest BCUT2D eigenvalue weighted by Gasteiger charge is -2.15. The minimum atomic E-state index is 0.557. The Balaban J connectivity index is 2.03. The van der Waals surface area contributed by atoms with Crippen LogP contribution >= 0.6 is 0 Å². The summed E-state index contributed by atoms with van der Waals surface area (Å²) in [5.74, 6) is 1.57. The Morgan fingerprint density at radius 1 is 1.30 bits per heavy atom. The van der Waals surface area contributed by atoms with Crippen molar-refractivity contribution in [3.63, 3.8) is 0 Å². The summed E-state index contributed by atoms with van der Waals surface area (Å²) in [6, 6.07) is 7.85. The van der Waals surface area contributed by atoms with Crippen LogP contribution < -0.4 is 14.8 Å². The second kappa shape index (κ2) is 7.55. The van der Waals surface area contributed by atoms with E-state index in [0.717, 1.165) is 30.2 Å². The quantitative estimate of drug-likeness (QED) is 0.801. The summed E-state index contributed by atoms with van der Waals surface area (Å²) in [5, 5.41) is 7.46. The summed E-state index contributed by atoms with van der Waals surface area (Å²) in [6.45, 7) is 5.04. The van der Waals surface area contributed by atoms with Crippen LogP contribution in [0.2, 0.25) is 0 Å². The van der Waals surface area contributed by atoms with Gasteiger partial charge in [-0.3, -0.25) is 4.68 Å². The molecule has 0 fully saturated rings. The van der Waals surface area contributed by atoms with Crippen LogP contribution in [0, 0.1) is 0 Å². The highest BCUT2D eigenvalue weighted by atomic mass is 16.5. The number of nitrogens with one attached hydrogen (secondary N) is 1. The molecule has 0 amide bonds. The molecule has 0 radical (unpaired) electrons. The van der Waals surface area contributed by atoms with Crippen molar-refractivity contribution in [2.24, 2.45) is 0 Å². The number of methoxy groups -OCH3 is 1. The maximum Gasteiger partial charge on any atom is 0.165 e. The molecule has 2 rings (SSSR count). The van der Waals surface area contributed by atoms with Gasteiger partial charge in [0, 0.05) is 24.5 Å². The van der Waals surface area contributed by atoms with E-state index in [1.165, 1.54) is 0 Å². The molecule has 0 saturated heterocycles. The molecule has 0 bridgehead atoms. The molecule has 1 aromatic carbocycles. The molecule has 1 N–H and O–H groups in total. The van der Waals surface area contributed by atoms with Crippen molar-refractivity contribution in [2.75, 3.05) is 20.3 Å². The number of hydrogen-bond donors (Lipinski definition) is 1. The van der Waals surface area contributed by atoms with Gasteiger partial charge in [-0.15, -0.1) is 0 Å². The maximum atomic E-state index is 5.90. The topological polar surface area (TPSA) is 48.3 Å². The van der Waals surface area contributed by atoms with E-state index in [4.69, 9.17) is 9.47 Å². The highest BCUT2D eigenvalue weighted by Gasteiger charge is 2.10. The molecule has 0 aliphatic heterocycles. The van der Waals surface area contributed by atoms with Gasteiger partial charge in [0.2, 0.25) is 0 Å². The lowest BCUT2D eigenvalue weighted by Crippen LogP contribution is -2.15. The number of benzene rings is 1. The molecule has 0 spiro atoms. The zero-order valence-electron chi connectivity index (χ0n) is 12.0. The monoisotopic (exact) mass is 275 g/mol. The summed E-state index contributed by atoms with van der Waals surface area (Å²) in [7, 11) is 1.66. The van der Waals surface area contributed by atoms with Gasteiger partial charge in [-0.25, -0.2) is 0 Å². The number of aromatic nitrogens is 2. The molecule has 5 heteroatoms. The first-order chi connectivity index (χ1) is 9.85. The Morgan fingerprint density at radius 3 is 2.90 bits per heavy atom. The fourth-order valence-electron chi connectivity index (χ4n) is 1.96. The first-order valence-corrected chi connectivity index (χ1v) is 6.82. The normalized spacial score (nSPS) is 10.5. The molecule has 5 nitrogen and oxygen atoms in total. The standard InChI is InChI=1S/C15H21N3O2/c1-3-16-12-13-6-4-7-14(19-2)15(13)20-11-10-18-9-5-8-17-18/h4-9,16H,3,10-12H2,1-2H3. The second-order valence-electron chi connectivity index (χ2n) is 4.35. The van der Waals surface area contributed by atoms with Crippen molar-refractivity contribution in [3.8, 4) is 11.5 Å².